The summed E-state index contributed by atoms with van der Waals surface area (Å²) in [6, 6.07) is 0. The quantitative estimate of drug-likeness (QED) is 0.441. The maximum atomic E-state index is 5.79. The zero-order valence-corrected chi connectivity index (χ0v) is 12.3. The zero-order valence-electron chi connectivity index (χ0n) is 10.2. The lowest BCUT2D eigenvalue weighted by atomic mass is 10.1. The van der Waals surface area contributed by atoms with Crippen molar-refractivity contribution in [3.63, 3.8) is 0 Å². The topological polar surface area (TPSA) is 36.9 Å². The third-order valence-corrected chi connectivity index (χ3v) is 3.93. The van der Waals surface area contributed by atoms with Gasteiger partial charge in [-0.05, 0) is 23.7 Å². The molecule has 0 bridgehead atoms. The van der Waals surface area contributed by atoms with Gasteiger partial charge in [0, 0.05) is 6.42 Å². The molecule has 4 nitrogen and oxygen atoms in total. The van der Waals surface area contributed by atoms with Crippen LogP contribution in [0.5, 0.6) is 0 Å². The summed E-state index contributed by atoms with van der Waals surface area (Å²) in [7, 11) is 0. The van der Waals surface area contributed by atoms with E-state index in [0.29, 0.717) is 32.5 Å². The minimum atomic E-state index is -0.759. The van der Waals surface area contributed by atoms with Gasteiger partial charge in [-0.25, -0.2) is 0 Å². The maximum absolute atomic E-state index is 5.79. The van der Waals surface area contributed by atoms with Crippen molar-refractivity contribution in [1.29, 1.82) is 0 Å². The summed E-state index contributed by atoms with van der Waals surface area (Å²) in [6.07, 6.45) is 5.73. The summed E-state index contributed by atoms with van der Waals surface area (Å²) in [5, 5.41) is 0. The van der Waals surface area contributed by atoms with Crippen LogP contribution in [-0.2, 0) is 18.9 Å². The van der Waals surface area contributed by atoms with Crippen LogP contribution in [0.15, 0.2) is 0 Å². The van der Waals surface area contributed by atoms with Crippen molar-refractivity contribution >= 4 is 22.6 Å². The maximum Gasteiger partial charge on any atom is 0.283 e. The molecule has 0 aliphatic carbocycles. The van der Waals surface area contributed by atoms with Crippen LogP contribution in [0.4, 0.5) is 0 Å². The highest BCUT2D eigenvalue weighted by Gasteiger charge is 2.39. The molecule has 0 saturated carbocycles. The molecule has 2 aliphatic rings. The Labute approximate surface area is 116 Å². The first-order valence-corrected chi connectivity index (χ1v) is 7.97. The molecule has 0 N–H and O–H groups in total. The SMILES string of the molecule is ICCCCC1CCC2(OCCO1)OCCO2. The standard InChI is InChI=1S/C12H21IO4/c13-6-2-1-3-11-4-5-12(15-8-7-14-11)16-9-10-17-12/h11H,1-10H2. The molecule has 1 unspecified atom stereocenters. The molecule has 2 rings (SSSR count). The number of hydrogen-bond acceptors (Lipinski definition) is 4. The molecule has 2 heterocycles. The van der Waals surface area contributed by atoms with Crippen LogP contribution < -0.4 is 0 Å². The Morgan fingerprint density at radius 3 is 2.41 bits per heavy atom. The molecule has 0 aromatic heterocycles. The first kappa shape index (κ1) is 14.0. The van der Waals surface area contributed by atoms with Crippen LogP contribution >= 0.6 is 22.6 Å². The molecule has 0 amide bonds. The van der Waals surface area contributed by atoms with Crippen LogP contribution in [-0.4, -0.2) is 42.9 Å². The molecule has 2 fully saturated rings. The van der Waals surface area contributed by atoms with Gasteiger partial charge in [0.1, 0.15) is 0 Å². The molecule has 0 aromatic carbocycles. The third kappa shape index (κ3) is 4.31. The van der Waals surface area contributed by atoms with E-state index >= 15 is 0 Å². The van der Waals surface area contributed by atoms with Gasteiger partial charge in [-0.15, -0.1) is 0 Å². The fourth-order valence-electron chi connectivity index (χ4n) is 2.26. The Hall–Kier alpha value is 0.570. The Balaban J connectivity index is 1.77. The summed E-state index contributed by atoms with van der Waals surface area (Å²) in [4.78, 5) is 0. The normalized spacial score (nSPS) is 29.1. The number of alkyl halides is 1. The lowest BCUT2D eigenvalue weighted by Crippen LogP contribution is -2.38. The van der Waals surface area contributed by atoms with Crippen molar-refractivity contribution in [3.05, 3.63) is 0 Å². The van der Waals surface area contributed by atoms with Crippen molar-refractivity contribution in [3.8, 4) is 0 Å². The van der Waals surface area contributed by atoms with Crippen molar-refractivity contribution in [2.24, 2.45) is 0 Å². The Morgan fingerprint density at radius 1 is 1.00 bits per heavy atom. The van der Waals surface area contributed by atoms with Gasteiger partial charge in [0.05, 0.1) is 32.5 Å². The lowest BCUT2D eigenvalue weighted by Gasteiger charge is -2.31. The highest BCUT2D eigenvalue weighted by atomic mass is 127. The van der Waals surface area contributed by atoms with Crippen molar-refractivity contribution in [2.45, 2.75) is 44.2 Å². The van der Waals surface area contributed by atoms with Gasteiger partial charge in [-0.1, -0.05) is 29.0 Å². The summed E-state index contributed by atoms with van der Waals surface area (Å²) in [6.45, 7) is 2.48. The van der Waals surface area contributed by atoms with Gasteiger partial charge in [0.25, 0.3) is 5.97 Å². The van der Waals surface area contributed by atoms with Crippen LogP contribution in [0.2, 0.25) is 0 Å². The fraction of sp³-hybridized carbons (Fsp3) is 1.00. The van der Waals surface area contributed by atoms with Crippen LogP contribution in [0.3, 0.4) is 0 Å². The number of rotatable bonds is 4. The second-order valence-corrected chi connectivity index (χ2v) is 5.52. The summed E-state index contributed by atoms with van der Waals surface area (Å²) < 4.78 is 23.8. The highest BCUT2D eigenvalue weighted by Crippen LogP contribution is 2.29. The lowest BCUT2D eigenvalue weighted by molar-refractivity contribution is -0.344. The van der Waals surface area contributed by atoms with E-state index in [1.54, 1.807) is 0 Å². The van der Waals surface area contributed by atoms with E-state index in [2.05, 4.69) is 22.6 Å². The monoisotopic (exact) mass is 356 g/mol. The van der Waals surface area contributed by atoms with Gasteiger partial charge in [0.15, 0.2) is 0 Å². The predicted octanol–water partition coefficient (Wildman–Crippen LogP) is 2.49. The zero-order chi connectivity index (χ0) is 12.0. The summed E-state index contributed by atoms with van der Waals surface area (Å²) in [5.41, 5.74) is 0. The van der Waals surface area contributed by atoms with Gasteiger partial charge >= 0.3 is 0 Å². The molecule has 5 heteroatoms. The molecule has 0 aromatic rings. The Morgan fingerprint density at radius 2 is 1.71 bits per heavy atom. The molecule has 2 saturated heterocycles. The number of hydrogen-bond donors (Lipinski definition) is 0. The van der Waals surface area contributed by atoms with E-state index in [4.69, 9.17) is 18.9 Å². The van der Waals surface area contributed by atoms with E-state index < -0.39 is 5.97 Å². The van der Waals surface area contributed by atoms with E-state index in [9.17, 15) is 0 Å². The van der Waals surface area contributed by atoms with Crippen molar-refractivity contribution in [1.82, 2.24) is 0 Å². The van der Waals surface area contributed by atoms with E-state index in [0.717, 1.165) is 19.3 Å². The van der Waals surface area contributed by atoms with Crippen LogP contribution in [0.1, 0.15) is 32.1 Å². The fourth-order valence-corrected chi connectivity index (χ4v) is 2.80. The molecular weight excluding hydrogens is 335 g/mol. The molecule has 100 valence electrons. The van der Waals surface area contributed by atoms with Gasteiger partial charge in [0.2, 0.25) is 0 Å². The van der Waals surface area contributed by atoms with Crippen molar-refractivity contribution < 1.29 is 18.9 Å². The largest absolute Gasteiger partial charge is 0.376 e. The molecule has 2 aliphatic heterocycles. The van der Waals surface area contributed by atoms with E-state index in [-0.39, 0.29) is 0 Å². The van der Waals surface area contributed by atoms with Gasteiger partial charge < -0.3 is 18.9 Å². The van der Waals surface area contributed by atoms with Crippen LogP contribution in [0.25, 0.3) is 0 Å². The average molecular weight is 356 g/mol. The second-order valence-electron chi connectivity index (χ2n) is 4.44. The van der Waals surface area contributed by atoms with Gasteiger partial charge in [-0.2, -0.15) is 0 Å². The van der Waals surface area contributed by atoms with E-state index in [1.807, 2.05) is 0 Å². The average Bonchev–Trinajstić information content (AvgIpc) is 2.78. The Bertz CT molecular complexity index is 219. The molecule has 1 atom stereocenters. The minimum absolute atomic E-state index is 0.339. The number of ether oxygens (including phenoxy) is 4. The number of halogens is 1. The van der Waals surface area contributed by atoms with Crippen molar-refractivity contribution in [2.75, 3.05) is 30.9 Å². The van der Waals surface area contributed by atoms with Crippen LogP contribution in [0, 0.1) is 0 Å². The first-order valence-electron chi connectivity index (χ1n) is 6.44. The van der Waals surface area contributed by atoms with Gasteiger partial charge in [-0.3, -0.25) is 0 Å². The predicted molar refractivity (Wildman–Crippen MR) is 72.3 cm³/mol. The second kappa shape index (κ2) is 7.23. The molecule has 1 spiro atoms. The first-order chi connectivity index (χ1) is 8.35. The molecule has 0 radical (unpaired) electrons. The molecular formula is C12H21IO4. The third-order valence-electron chi connectivity index (χ3n) is 3.17. The summed E-state index contributed by atoms with van der Waals surface area (Å²) in [5.74, 6) is -0.759. The highest BCUT2D eigenvalue weighted by molar-refractivity contribution is 14.1. The summed E-state index contributed by atoms with van der Waals surface area (Å²) >= 11 is 2.42. The minimum Gasteiger partial charge on any atom is -0.376 e. The molecule has 17 heavy (non-hydrogen) atoms. The number of unbranched alkanes of at least 4 members (excludes halogenated alkanes) is 1. The van der Waals surface area contributed by atoms with E-state index in [1.165, 1.54) is 17.3 Å². The smallest absolute Gasteiger partial charge is 0.283 e. The Kier molecular flexibility index (Phi) is 5.95.